The molecule has 6 heteroatoms. The monoisotopic (exact) mass is 1070 g/mol. The average molecular weight is 1070 g/mol. The molecule has 0 N–H and O–H groups in total. The van der Waals surface area contributed by atoms with E-state index < -0.39 is 0 Å². The highest BCUT2D eigenvalue weighted by atomic mass is 16.5. The lowest BCUT2D eigenvalue weighted by Gasteiger charge is -2.44. The standard InChI is InChI=1S/C78H50B2N2O2/c1-7-23-51(24-8-1)57-39-41-63-69(43-57)81(67-37-21-19-35-61(67)55-31-15-5-16-32-55)71-44-59(53-27-11-3-12-28-53)47-75-77(71)79(63)66-49-65-70(50-74(66)84-75)82(68-38-22-20-36-62(68)56-33-17-6-18-34-56)72-45-60(54-29-13-4-14-30-54)48-76-78(72)80(65)64-42-40-58(46-73(64)83-76)52-25-9-2-10-26-52/h1-50H. The summed E-state index contributed by atoms with van der Waals surface area (Å²) < 4.78 is 15.1. The van der Waals surface area contributed by atoms with Crippen LogP contribution in [0, 0.1) is 0 Å². The maximum atomic E-state index is 7.70. The van der Waals surface area contributed by atoms with Gasteiger partial charge in [-0.2, -0.15) is 0 Å². The van der Waals surface area contributed by atoms with Gasteiger partial charge in [0.25, 0.3) is 13.4 Å². The van der Waals surface area contributed by atoms with Crippen LogP contribution in [0.25, 0.3) is 66.8 Å². The Hall–Kier alpha value is -10.8. The second-order valence-electron chi connectivity index (χ2n) is 22.3. The first kappa shape index (κ1) is 47.9. The van der Waals surface area contributed by atoms with Crippen LogP contribution in [0.5, 0.6) is 23.0 Å². The van der Waals surface area contributed by atoms with Crippen molar-refractivity contribution in [2.24, 2.45) is 0 Å². The summed E-state index contributed by atoms with van der Waals surface area (Å²) in [4.78, 5) is 5.02. The Morgan fingerprint density at radius 2 is 0.548 bits per heavy atom. The topological polar surface area (TPSA) is 24.9 Å². The number of hydrogen-bond donors (Lipinski definition) is 0. The van der Waals surface area contributed by atoms with E-state index in [1.54, 1.807) is 0 Å². The van der Waals surface area contributed by atoms with E-state index in [0.717, 1.165) is 146 Å². The van der Waals surface area contributed by atoms with Crippen LogP contribution >= 0.6 is 0 Å². The predicted molar refractivity (Wildman–Crippen MR) is 351 cm³/mol. The molecule has 13 aromatic rings. The summed E-state index contributed by atoms with van der Waals surface area (Å²) in [6, 6.07) is 110. The fraction of sp³-hybridized carbons (Fsp3) is 0. The first-order valence-corrected chi connectivity index (χ1v) is 28.9. The van der Waals surface area contributed by atoms with Crippen molar-refractivity contribution in [1.82, 2.24) is 0 Å². The van der Waals surface area contributed by atoms with Gasteiger partial charge in [0.2, 0.25) is 0 Å². The highest BCUT2D eigenvalue weighted by Crippen LogP contribution is 2.50. The molecule has 0 saturated heterocycles. The zero-order valence-electron chi connectivity index (χ0n) is 45.7. The van der Waals surface area contributed by atoms with Crippen molar-refractivity contribution in [3.63, 3.8) is 0 Å². The Bertz CT molecular complexity index is 4730. The molecule has 0 saturated carbocycles. The fourth-order valence-electron chi connectivity index (χ4n) is 13.8. The van der Waals surface area contributed by atoms with Crippen molar-refractivity contribution >= 4 is 80.3 Å². The van der Waals surface area contributed by atoms with Crippen LogP contribution in [0.3, 0.4) is 0 Å². The van der Waals surface area contributed by atoms with Gasteiger partial charge in [0, 0.05) is 39.9 Å². The molecule has 17 rings (SSSR count). The minimum absolute atomic E-state index is 0.201. The van der Waals surface area contributed by atoms with Crippen LogP contribution in [0.2, 0.25) is 0 Å². The van der Waals surface area contributed by atoms with Crippen molar-refractivity contribution in [3.8, 4) is 89.8 Å². The smallest absolute Gasteiger partial charge is 0.256 e. The van der Waals surface area contributed by atoms with E-state index in [4.69, 9.17) is 9.47 Å². The molecule has 4 heterocycles. The molecule has 4 aliphatic rings. The molecule has 0 aliphatic carbocycles. The lowest BCUT2D eigenvalue weighted by molar-refractivity contribution is 0.487. The van der Waals surface area contributed by atoms with E-state index in [0.29, 0.717) is 0 Å². The molecule has 0 bridgehead atoms. The number of fused-ring (bicyclic) bond motifs is 8. The average Bonchev–Trinajstić information content (AvgIpc) is 3.23. The van der Waals surface area contributed by atoms with Crippen molar-refractivity contribution in [3.05, 3.63) is 303 Å². The van der Waals surface area contributed by atoms with E-state index in [9.17, 15) is 0 Å². The molecule has 84 heavy (non-hydrogen) atoms. The molecular formula is C78H50B2N2O2. The number of hydrogen-bond acceptors (Lipinski definition) is 4. The lowest BCUT2D eigenvalue weighted by Crippen LogP contribution is -2.63. The lowest BCUT2D eigenvalue weighted by atomic mass is 9.31. The number of benzene rings is 13. The normalized spacial score (nSPS) is 12.9. The summed E-state index contributed by atoms with van der Waals surface area (Å²) in [5.41, 5.74) is 26.9. The molecule has 13 aromatic carbocycles. The predicted octanol–water partition coefficient (Wildman–Crippen LogP) is 16.5. The number of anilines is 6. The molecule has 0 amide bonds. The van der Waals surface area contributed by atoms with Gasteiger partial charge in [0.05, 0.1) is 11.4 Å². The van der Waals surface area contributed by atoms with Gasteiger partial charge in [-0.15, -0.1) is 0 Å². The summed E-state index contributed by atoms with van der Waals surface area (Å²) in [5.74, 6) is 3.37. The molecule has 0 spiro atoms. The van der Waals surface area contributed by atoms with Gasteiger partial charge in [-0.25, -0.2) is 0 Å². The maximum Gasteiger partial charge on any atom is 0.256 e. The minimum atomic E-state index is -0.208. The fourth-order valence-corrected chi connectivity index (χ4v) is 13.8. The maximum absolute atomic E-state index is 7.70. The van der Waals surface area contributed by atoms with E-state index in [2.05, 4.69) is 313 Å². The third kappa shape index (κ3) is 7.72. The molecule has 0 aromatic heterocycles. The third-order valence-corrected chi connectivity index (χ3v) is 17.6. The number of rotatable bonds is 8. The van der Waals surface area contributed by atoms with Gasteiger partial charge >= 0.3 is 0 Å². The Morgan fingerprint density at radius 3 is 1.02 bits per heavy atom. The molecule has 0 unspecified atom stereocenters. The SMILES string of the molecule is c1ccc(-c2ccc3c(c2)Oc2cc(-c4ccccc4)cc4c2B3c2cc3c(cc2N4c2ccccc2-c2ccccc2)Oc2cc(-c4ccccc4)cc4c2B3c2ccc(-c3ccccc3)cc2N4c2ccccc2-c2ccccc2)cc1. The summed E-state index contributed by atoms with van der Waals surface area (Å²) in [6.07, 6.45) is 0. The Morgan fingerprint density at radius 1 is 0.202 bits per heavy atom. The van der Waals surface area contributed by atoms with E-state index in [-0.39, 0.29) is 13.4 Å². The molecule has 390 valence electrons. The second-order valence-corrected chi connectivity index (χ2v) is 22.3. The quantitative estimate of drug-likeness (QED) is 0.142. The first-order valence-electron chi connectivity index (χ1n) is 28.9. The summed E-state index contributed by atoms with van der Waals surface area (Å²) in [5, 5.41) is 0. The molecule has 0 fully saturated rings. The summed E-state index contributed by atoms with van der Waals surface area (Å²) in [6.45, 7) is -0.409. The van der Waals surface area contributed by atoms with Gasteiger partial charge in [0.15, 0.2) is 0 Å². The highest BCUT2D eigenvalue weighted by molar-refractivity contribution is 7.02. The van der Waals surface area contributed by atoms with E-state index >= 15 is 0 Å². The number of nitrogens with zero attached hydrogens (tertiary/aromatic N) is 2. The molecule has 4 aliphatic heterocycles. The number of ether oxygens (including phenoxy) is 2. The van der Waals surface area contributed by atoms with E-state index in [1.165, 1.54) is 10.9 Å². The van der Waals surface area contributed by atoms with Gasteiger partial charge in [-0.3, -0.25) is 0 Å². The first-order chi connectivity index (χ1) is 41.7. The van der Waals surface area contributed by atoms with Crippen molar-refractivity contribution in [2.45, 2.75) is 0 Å². The van der Waals surface area contributed by atoms with Crippen molar-refractivity contribution in [1.29, 1.82) is 0 Å². The van der Waals surface area contributed by atoms with Gasteiger partial charge in [0.1, 0.15) is 23.0 Å². The summed E-state index contributed by atoms with van der Waals surface area (Å²) in [7, 11) is 0. The van der Waals surface area contributed by atoms with Crippen LogP contribution < -0.4 is 52.1 Å². The largest absolute Gasteiger partial charge is 0.458 e. The van der Waals surface area contributed by atoms with Gasteiger partial charge < -0.3 is 19.3 Å². The van der Waals surface area contributed by atoms with Crippen LogP contribution in [0.1, 0.15) is 0 Å². The molecule has 0 radical (unpaired) electrons. The number of para-hydroxylation sites is 2. The Balaban J connectivity index is 0.963. The summed E-state index contributed by atoms with van der Waals surface area (Å²) >= 11 is 0. The molecule has 0 atom stereocenters. The van der Waals surface area contributed by atoms with Crippen LogP contribution in [-0.2, 0) is 0 Å². The van der Waals surface area contributed by atoms with Crippen LogP contribution in [-0.4, -0.2) is 13.4 Å². The highest BCUT2D eigenvalue weighted by Gasteiger charge is 2.48. The zero-order chi connectivity index (χ0) is 55.2. The van der Waals surface area contributed by atoms with Crippen LogP contribution in [0.15, 0.2) is 303 Å². The Kier molecular flexibility index (Phi) is 11.1. The van der Waals surface area contributed by atoms with Crippen LogP contribution in [0.4, 0.5) is 34.1 Å². The minimum Gasteiger partial charge on any atom is -0.458 e. The van der Waals surface area contributed by atoms with Gasteiger partial charge in [-0.1, -0.05) is 249 Å². The van der Waals surface area contributed by atoms with Crippen molar-refractivity contribution in [2.75, 3.05) is 9.80 Å². The molecular weight excluding hydrogens is 1020 g/mol. The zero-order valence-corrected chi connectivity index (χ0v) is 45.7. The van der Waals surface area contributed by atoms with E-state index in [1.807, 2.05) is 0 Å². The molecule has 4 nitrogen and oxygen atoms in total. The Labute approximate surface area is 489 Å². The second kappa shape index (κ2) is 19.4. The van der Waals surface area contributed by atoms with Crippen molar-refractivity contribution < 1.29 is 9.47 Å². The third-order valence-electron chi connectivity index (χ3n) is 17.6. The van der Waals surface area contributed by atoms with Gasteiger partial charge in [-0.05, 0) is 137 Å².